The summed E-state index contributed by atoms with van der Waals surface area (Å²) in [4.78, 5) is 15.6. The summed E-state index contributed by atoms with van der Waals surface area (Å²) >= 11 is 0. The van der Waals surface area contributed by atoms with Crippen molar-refractivity contribution in [3.8, 4) is 0 Å². The zero-order chi connectivity index (χ0) is 18.2. The smallest absolute Gasteiger partial charge is 0.305 e. The van der Waals surface area contributed by atoms with Crippen LogP contribution in [0.1, 0.15) is 42.5 Å². The third-order valence-electron chi connectivity index (χ3n) is 4.39. The van der Waals surface area contributed by atoms with Gasteiger partial charge in [-0.3, -0.25) is 4.79 Å². The van der Waals surface area contributed by atoms with Crippen LogP contribution in [0.25, 0.3) is 0 Å². The van der Waals surface area contributed by atoms with Gasteiger partial charge in [0.25, 0.3) is 0 Å². The summed E-state index contributed by atoms with van der Waals surface area (Å²) in [5.74, 6) is -0.117. The Morgan fingerprint density at radius 3 is 2.46 bits per heavy atom. The summed E-state index contributed by atoms with van der Waals surface area (Å²) < 4.78 is 7.09. The van der Waals surface area contributed by atoms with Gasteiger partial charge in [-0.05, 0) is 36.5 Å². The number of rotatable bonds is 8. The van der Waals surface area contributed by atoms with Gasteiger partial charge in [0.1, 0.15) is 0 Å². The molecule has 4 heteroatoms. The number of aryl methyl sites for hydroxylation is 1. The predicted octanol–water partition coefficient (Wildman–Crippen LogP) is 4.41. The first-order valence-electron chi connectivity index (χ1n) is 9.04. The standard InChI is InChI=1S/C22H24N2O2/c1-2-26-21(25)10-6-7-18-11-13-20(14-12-18)22(24-16-15-23-17-24)19-8-4-3-5-9-19/h3-5,8-9,11-17,22H,2,6-7,10H2,1H3. The minimum absolute atomic E-state index is 0.104. The molecular formula is C22H24N2O2. The molecule has 1 atom stereocenters. The summed E-state index contributed by atoms with van der Waals surface area (Å²) in [7, 11) is 0. The number of aromatic nitrogens is 2. The van der Waals surface area contributed by atoms with Crippen LogP contribution >= 0.6 is 0 Å². The third-order valence-corrected chi connectivity index (χ3v) is 4.39. The number of carbonyl (C=O) groups is 1. The van der Waals surface area contributed by atoms with Crippen molar-refractivity contribution in [1.82, 2.24) is 9.55 Å². The number of benzene rings is 2. The first kappa shape index (κ1) is 17.9. The van der Waals surface area contributed by atoms with Crippen LogP contribution in [0.5, 0.6) is 0 Å². The van der Waals surface area contributed by atoms with Gasteiger partial charge in [0.05, 0.1) is 19.0 Å². The highest BCUT2D eigenvalue weighted by Crippen LogP contribution is 2.26. The Bertz CT molecular complexity index is 796. The molecule has 0 bridgehead atoms. The number of ether oxygens (including phenoxy) is 1. The van der Waals surface area contributed by atoms with Crippen LogP contribution in [0.15, 0.2) is 73.3 Å². The van der Waals surface area contributed by atoms with Crippen molar-refractivity contribution < 1.29 is 9.53 Å². The fraction of sp³-hybridized carbons (Fsp3) is 0.273. The Labute approximate surface area is 154 Å². The fourth-order valence-corrected chi connectivity index (χ4v) is 3.13. The third kappa shape index (κ3) is 4.60. The highest BCUT2D eigenvalue weighted by atomic mass is 16.5. The average molecular weight is 348 g/mol. The van der Waals surface area contributed by atoms with E-state index in [1.54, 1.807) is 6.20 Å². The number of nitrogens with zero attached hydrogens (tertiary/aromatic N) is 2. The van der Waals surface area contributed by atoms with Crippen molar-refractivity contribution in [2.45, 2.75) is 32.2 Å². The maximum Gasteiger partial charge on any atom is 0.305 e. The molecule has 0 fully saturated rings. The Balaban J connectivity index is 1.72. The average Bonchev–Trinajstić information content (AvgIpc) is 3.19. The molecule has 0 saturated heterocycles. The highest BCUT2D eigenvalue weighted by molar-refractivity contribution is 5.69. The normalized spacial score (nSPS) is 11.9. The van der Waals surface area contributed by atoms with Gasteiger partial charge >= 0.3 is 5.97 Å². The Morgan fingerprint density at radius 2 is 1.81 bits per heavy atom. The van der Waals surface area contributed by atoms with Gasteiger partial charge in [-0.15, -0.1) is 0 Å². The van der Waals surface area contributed by atoms with E-state index in [1.165, 1.54) is 16.7 Å². The quantitative estimate of drug-likeness (QED) is 0.567. The van der Waals surface area contributed by atoms with Crippen LogP contribution in [-0.2, 0) is 16.0 Å². The molecule has 26 heavy (non-hydrogen) atoms. The van der Waals surface area contributed by atoms with Gasteiger partial charge in [-0.2, -0.15) is 0 Å². The fourth-order valence-electron chi connectivity index (χ4n) is 3.13. The van der Waals surface area contributed by atoms with E-state index in [9.17, 15) is 4.79 Å². The van der Waals surface area contributed by atoms with E-state index in [1.807, 2.05) is 25.5 Å². The molecule has 3 rings (SSSR count). The minimum atomic E-state index is -0.117. The lowest BCUT2D eigenvalue weighted by Gasteiger charge is -2.20. The maximum absolute atomic E-state index is 11.4. The molecule has 0 aliphatic rings. The second kappa shape index (κ2) is 8.99. The molecule has 0 N–H and O–H groups in total. The maximum atomic E-state index is 11.4. The largest absolute Gasteiger partial charge is 0.466 e. The van der Waals surface area contributed by atoms with Gasteiger partial charge in [-0.1, -0.05) is 54.6 Å². The van der Waals surface area contributed by atoms with Crippen LogP contribution in [-0.4, -0.2) is 22.1 Å². The summed E-state index contributed by atoms with van der Waals surface area (Å²) in [6.07, 6.45) is 7.80. The van der Waals surface area contributed by atoms with Crippen molar-refractivity contribution >= 4 is 5.97 Å². The molecule has 0 amide bonds. The molecule has 0 saturated carbocycles. The van der Waals surface area contributed by atoms with Crippen molar-refractivity contribution in [3.05, 3.63) is 90.0 Å². The molecule has 134 valence electrons. The van der Waals surface area contributed by atoms with Gasteiger partial charge in [0.15, 0.2) is 0 Å². The number of esters is 1. The van der Waals surface area contributed by atoms with Crippen LogP contribution in [0, 0.1) is 0 Å². The van der Waals surface area contributed by atoms with Gasteiger partial charge in [0.2, 0.25) is 0 Å². The van der Waals surface area contributed by atoms with E-state index in [-0.39, 0.29) is 12.0 Å². The van der Waals surface area contributed by atoms with Crippen LogP contribution in [0.2, 0.25) is 0 Å². The molecule has 0 spiro atoms. The molecule has 1 unspecified atom stereocenters. The monoisotopic (exact) mass is 348 g/mol. The van der Waals surface area contributed by atoms with Gasteiger partial charge in [0, 0.05) is 18.8 Å². The number of carbonyl (C=O) groups excluding carboxylic acids is 1. The van der Waals surface area contributed by atoms with Crippen molar-refractivity contribution in [2.75, 3.05) is 6.61 Å². The van der Waals surface area contributed by atoms with Gasteiger partial charge in [-0.25, -0.2) is 4.98 Å². The number of hydrogen-bond donors (Lipinski definition) is 0. The number of imidazole rings is 1. The minimum Gasteiger partial charge on any atom is -0.466 e. The zero-order valence-electron chi connectivity index (χ0n) is 15.0. The SMILES string of the molecule is CCOC(=O)CCCc1ccc(C(c2ccccc2)n2ccnc2)cc1. The summed E-state index contributed by atoms with van der Waals surface area (Å²) in [5.41, 5.74) is 3.67. The summed E-state index contributed by atoms with van der Waals surface area (Å²) in [6.45, 7) is 2.28. The molecule has 0 radical (unpaired) electrons. The zero-order valence-corrected chi connectivity index (χ0v) is 15.0. The molecule has 1 heterocycles. The van der Waals surface area contributed by atoms with E-state index < -0.39 is 0 Å². The van der Waals surface area contributed by atoms with Crippen molar-refractivity contribution in [3.63, 3.8) is 0 Å². The van der Waals surface area contributed by atoms with Crippen molar-refractivity contribution in [2.24, 2.45) is 0 Å². The molecule has 1 aromatic heterocycles. The lowest BCUT2D eigenvalue weighted by Crippen LogP contribution is -2.10. The Kier molecular flexibility index (Phi) is 6.20. The van der Waals surface area contributed by atoms with Crippen LogP contribution in [0.4, 0.5) is 0 Å². The van der Waals surface area contributed by atoms with E-state index in [0.29, 0.717) is 13.0 Å². The molecule has 4 nitrogen and oxygen atoms in total. The lowest BCUT2D eigenvalue weighted by atomic mass is 9.96. The lowest BCUT2D eigenvalue weighted by molar-refractivity contribution is -0.143. The molecule has 0 aliphatic carbocycles. The van der Waals surface area contributed by atoms with E-state index in [4.69, 9.17) is 4.74 Å². The summed E-state index contributed by atoms with van der Waals surface area (Å²) in [5, 5.41) is 0. The Hall–Kier alpha value is -2.88. The van der Waals surface area contributed by atoms with Crippen molar-refractivity contribution in [1.29, 1.82) is 0 Å². The van der Waals surface area contributed by atoms with Crippen LogP contribution in [0.3, 0.4) is 0 Å². The van der Waals surface area contributed by atoms with E-state index in [2.05, 4.69) is 58.1 Å². The molecule has 3 aromatic rings. The first-order valence-corrected chi connectivity index (χ1v) is 9.04. The molecule has 0 aliphatic heterocycles. The second-order valence-corrected chi connectivity index (χ2v) is 6.22. The highest BCUT2D eigenvalue weighted by Gasteiger charge is 2.15. The first-order chi connectivity index (χ1) is 12.8. The predicted molar refractivity (Wildman–Crippen MR) is 102 cm³/mol. The number of hydrogen-bond acceptors (Lipinski definition) is 3. The van der Waals surface area contributed by atoms with Gasteiger partial charge < -0.3 is 9.30 Å². The molecule has 2 aromatic carbocycles. The van der Waals surface area contributed by atoms with Crippen LogP contribution < -0.4 is 0 Å². The second-order valence-electron chi connectivity index (χ2n) is 6.22. The summed E-state index contributed by atoms with van der Waals surface area (Å²) in [6, 6.07) is 19.1. The topological polar surface area (TPSA) is 44.1 Å². The van der Waals surface area contributed by atoms with E-state index in [0.717, 1.165) is 12.8 Å². The Morgan fingerprint density at radius 1 is 1.08 bits per heavy atom. The molecular weight excluding hydrogens is 324 g/mol. The van der Waals surface area contributed by atoms with E-state index >= 15 is 0 Å².